The highest BCUT2D eigenvalue weighted by molar-refractivity contribution is 6.10. The summed E-state index contributed by atoms with van der Waals surface area (Å²) in [6.07, 6.45) is 4.88. The van der Waals surface area contributed by atoms with E-state index in [1.807, 2.05) is 13.0 Å². The third-order valence-electron chi connectivity index (χ3n) is 7.31. The minimum Gasteiger partial charge on any atom is -0.385 e. The van der Waals surface area contributed by atoms with Crippen molar-refractivity contribution in [1.29, 1.82) is 0 Å². The number of amides is 1. The van der Waals surface area contributed by atoms with Crippen LogP contribution in [0.5, 0.6) is 0 Å². The number of aliphatic hydroxyl groups is 1. The molecule has 0 aromatic carbocycles. The van der Waals surface area contributed by atoms with E-state index in [2.05, 4.69) is 39.1 Å². The summed E-state index contributed by atoms with van der Waals surface area (Å²) in [5, 5.41) is 13.3. The fraction of sp³-hybridized carbons (Fsp3) is 0.708. The van der Waals surface area contributed by atoms with E-state index < -0.39 is 11.5 Å². The summed E-state index contributed by atoms with van der Waals surface area (Å²) in [4.78, 5) is 39.5. The summed E-state index contributed by atoms with van der Waals surface area (Å²) in [6.45, 7) is 10.4. The average Bonchev–Trinajstić information content (AvgIpc) is 2.93. The number of allylic oxidation sites excluding steroid dienone is 4. The number of aliphatic hydroxyl groups excluding tert-OH is 1. The van der Waals surface area contributed by atoms with Crippen LogP contribution in [0, 0.1) is 29.1 Å². The molecule has 6 unspecified atom stereocenters. The van der Waals surface area contributed by atoms with Gasteiger partial charge in [0.15, 0.2) is 5.78 Å². The molecule has 1 spiro atoms. The number of carbonyl (C=O) groups excluding carboxylic acids is 3. The minimum atomic E-state index is -1.16. The molecule has 1 aliphatic heterocycles. The summed E-state index contributed by atoms with van der Waals surface area (Å²) in [7, 11) is 0. The zero-order valence-corrected chi connectivity index (χ0v) is 18.3. The third-order valence-corrected chi connectivity index (χ3v) is 7.31. The fourth-order valence-electron chi connectivity index (χ4n) is 5.73. The molecule has 3 aliphatic rings. The van der Waals surface area contributed by atoms with Gasteiger partial charge in [-0.05, 0) is 44.9 Å². The van der Waals surface area contributed by atoms with Gasteiger partial charge in [0, 0.05) is 30.7 Å². The van der Waals surface area contributed by atoms with Gasteiger partial charge in [-0.15, -0.1) is 0 Å². The molecule has 5 nitrogen and oxygen atoms in total. The van der Waals surface area contributed by atoms with Gasteiger partial charge in [0.2, 0.25) is 5.91 Å². The van der Waals surface area contributed by atoms with Gasteiger partial charge in [-0.1, -0.05) is 44.1 Å². The van der Waals surface area contributed by atoms with Crippen LogP contribution < -0.4 is 5.32 Å². The Morgan fingerprint density at radius 3 is 2.48 bits per heavy atom. The van der Waals surface area contributed by atoms with Crippen molar-refractivity contribution in [2.24, 2.45) is 29.1 Å². The van der Waals surface area contributed by atoms with Gasteiger partial charge in [-0.25, -0.2) is 0 Å². The molecule has 0 aromatic rings. The highest BCUT2D eigenvalue weighted by atomic mass is 16.3. The molecule has 1 saturated heterocycles. The molecule has 29 heavy (non-hydrogen) atoms. The molecule has 3 rings (SSSR count). The second kappa shape index (κ2) is 8.17. The minimum absolute atomic E-state index is 0.000553. The van der Waals surface area contributed by atoms with Crippen LogP contribution in [0.1, 0.15) is 66.7 Å². The number of Topliss-reactive ketones (excluding diaryl/α,β-unsaturated/α-hetero) is 2. The first-order valence-corrected chi connectivity index (χ1v) is 11.0. The summed E-state index contributed by atoms with van der Waals surface area (Å²) in [5.74, 6) is -0.556. The van der Waals surface area contributed by atoms with Gasteiger partial charge < -0.3 is 10.4 Å². The van der Waals surface area contributed by atoms with Gasteiger partial charge in [0.1, 0.15) is 17.3 Å². The number of carbonyl (C=O) groups is 3. The first-order valence-electron chi connectivity index (χ1n) is 11.0. The lowest BCUT2D eigenvalue weighted by atomic mass is 9.54. The summed E-state index contributed by atoms with van der Waals surface area (Å²) in [5.41, 5.74) is 1.06. The highest BCUT2D eigenvalue weighted by Crippen LogP contribution is 2.55. The van der Waals surface area contributed by atoms with E-state index in [4.69, 9.17) is 0 Å². The maximum Gasteiger partial charge on any atom is 0.235 e. The monoisotopic (exact) mass is 401 g/mol. The molecular weight excluding hydrogens is 366 g/mol. The van der Waals surface area contributed by atoms with E-state index in [9.17, 15) is 19.5 Å². The molecule has 160 valence electrons. The van der Waals surface area contributed by atoms with Crippen molar-refractivity contribution in [2.75, 3.05) is 0 Å². The van der Waals surface area contributed by atoms with Crippen molar-refractivity contribution in [3.05, 3.63) is 23.3 Å². The molecule has 2 aliphatic carbocycles. The lowest BCUT2D eigenvalue weighted by Gasteiger charge is -2.45. The van der Waals surface area contributed by atoms with E-state index in [1.54, 1.807) is 0 Å². The van der Waals surface area contributed by atoms with Crippen LogP contribution in [0.4, 0.5) is 0 Å². The van der Waals surface area contributed by atoms with E-state index in [-0.39, 0.29) is 54.1 Å². The van der Waals surface area contributed by atoms with Crippen LogP contribution in [0.15, 0.2) is 23.3 Å². The topological polar surface area (TPSA) is 83.5 Å². The summed E-state index contributed by atoms with van der Waals surface area (Å²) >= 11 is 0. The predicted octanol–water partition coefficient (Wildman–Crippen LogP) is 3.37. The Kier molecular flexibility index (Phi) is 6.19. The third kappa shape index (κ3) is 3.74. The second-order valence-corrected chi connectivity index (χ2v) is 9.79. The van der Waals surface area contributed by atoms with Crippen molar-refractivity contribution >= 4 is 17.5 Å². The van der Waals surface area contributed by atoms with E-state index >= 15 is 0 Å². The molecule has 1 amide bonds. The smallest absolute Gasteiger partial charge is 0.235 e. The van der Waals surface area contributed by atoms with Crippen molar-refractivity contribution in [1.82, 2.24) is 5.32 Å². The molecule has 6 atom stereocenters. The van der Waals surface area contributed by atoms with Gasteiger partial charge in [0.05, 0.1) is 0 Å². The number of hydrogen-bond acceptors (Lipinski definition) is 4. The first-order chi connectivity index (χ1) is 13.6. The molecule has 2 N–H and O–H groups in total. The largest absolute Gasteiger partial charge is 0.385 e. The lowest BCUT2D eigenvalue weighted by Crippen LogP contribution is -2.52. The number of rotatable bonds is 2. The van der Waals surface area contributed by atoms with Crippen LogP contribution in [-0.4, -0.2) is 34.7 Å². The molecule has 0 aromatic heterocycles. The van der Waals surface area contributed by atoms with Crippen LogP contribution in [0.2, 0.25) is 0 Å². The first kappa shape index (κ1) is 21.9. The van der Waals surface area contributed by atoms with Gasteiger partial charge >= 0.3 is 0 Å². The van der Waals surface area contributed by atoms with Crippen LogP contribution >= 0.6 is 0 Å². The van der Waals surface area contributed by atoms with Crippen molar-refractivity contribution in [3.8, 4) is 0 Å². The van der Waals surface area contributed by atoms with Crippen molar-refractivity contribution < 1.29 is 19.5 Å². The fourth-order valence-corrected chi connectivity index (χ4v) is 5.73. The van der Waals surface area contributed by atoms with Gasteiger partial charge in [-0.3, -0.25) is 14.4 Å². The van der Waals surface area contributed by atoms with E-state index in [0.29, 0.717) is 18.8 Å². The molecule has 5 heteroatoms. The van der Waals surface area contributed by atoms with Crippen molar-refractivity contribution in [2.45, 2.75) is 78.9 Å². The Labute approximate surface area is 174 Å². The summed E-state index contributed by atoms with van der Waals surface area (Å²) in [6, 6.07) is -0.0484. The van der Waals surface area contributed by atoms with E-state index in [0.717, 1.165) is 12.0 Å². The van der Waals surface area contributed by atoms with E-state index in [1.165, 1.54) is 5.57 Å². The Hall–Kier alpha value is -1.75. The SMILES string of the molecule is CC1=CC2C=C(C)C(C)C3C(CC(C)C)NC(=O)C23C(=O)CCC(=O)C(O)CC1. The lowest BCUT2D eigenvalue weighted by molar-refractivity contribution is -0.146. The molecular formula is C24H35NO4. The predicted molar refractivity (Wildman–Crippen MR) is 112 cm³/mol. The molecule has 0 saturated carbocycles. The van der Waals surface area contributed by atoms with Gasteiger partial charge in [0.25, 0.3) is 0 Å². The Bertz CT molecular complexity index is 765. The maximum atomic E-state index is 13.7. The molecule has 1 fully saturated rings. The van der Waals surface area contributed by atoms with Crippen molar-refractivity contribution in [3.63, 3.8) is 0 Å². The molecule has 0 radical (unpaired) electrons. The Morgan fingerprint density at radius 2 is 1.83 bits per heavy atom. The van der Waals surface area contributed by atoms with Crippen LogP contribution in [0.3, 0.4) is 0 Å². The zero-order chi connectivity index (χ0) is 21.5. The Balaban J connectivity index is 2.16. The van der Waals surface area contributed by atoms with Gasteiger partial charge in [-0.2, -0.15) is 0 Å². The highest BCUT2D eigenvalue weighted by Gasteiger charge is 2.65. The molecule has 0 bridgehead atoms. The maximum absolute atomic E-state index is 13.7. The normalized spacial score (nSPS) is 38.6. The Morgan fingerprint density at radius 1 is 1.14 bits per heavy atom. The zero-order valence-electron chi connectivity index (χ0n) is 18.3. The quantitative estimate of drug-likeness (QED) is 0.549. The molecule has 1 heterocycles. The van der Waals surface area contributed by atoms with Crippen LogP contribution in [-0.2, 0) is 14.4 Å². The van der Waals surface area contributed by atoms with Crippen LogP contribution in [0.25, 0.3) is 0 Å². The number of nitrogens with one attached hydrogen (secondary N) is 1. The average molecular weight is 402 g/mol. The number of hydrogen-bond donors (Lipinski definition) is 2. The number of ketones is 2. The standard InChI is InChI=1S/C24H35NO4/c1-13(2)10-18-22-16(5)15(4)12-17-11-14(3)6-7-19(26)20(27)8-9-21(28)24(17,22)23(29)25-18/h11-13,16-19,22,26H,6-10H2,1-5H3,(H,25,29). The summed E-state index contributed by atoms with van der Waals surface area (Å²) < 4.78 is 0. The second-order valence-electron chi connectivity index (χ2n) is 9.79.